The van der Waals surface area contributed by atoms with E-state index in [0.29, 0.717) is 6.54 Å². The second-order valence-electron chi connectivity index (χ2n) is 3.38. The molecular weight excluding hydrogens is 168 g/mol. The van der Waals surface area contributed by atoms with Crippen molar-refractivity contribution >= 4 is 0 Å². The molecule has 1 N–H and O–H groups in total. The summed E-state index contributed by atoms with van der Waals surface area (Å²) in [6, 6.07) is 0. The molecular formula is C9H20N2O2. The highest BCUT2D eigenvalue weighted by molar-refractivity contribution is 4.54. The highest BCUT2D eigenvalue weighted by atomic mass is 16.3. The molecule has 0 saturated carbocycles. The third kappa shape index (κ3) is 7.71. The number of hydrogen-bond acceptors (Lipinski definition) is 3. The van der Waals surface area contributed by atoms with Gasteiger partial charge >= 0.3 is 0 Å². The standard InChI is InChI=1S/C9H20N2O2/c1-3-4-7-11(10-13)8-5-6-9(2)12/h9,12H,3-8H2,1-2H3. The molecule has 0 amide bonds. The third-order valence-electron chi connectivity index (χ3n) is 1.92. The van der Waals surface area contributed by atoms with Gasteiger partial charge in [0, 0.05) is 13.1 Å². The molecule has 0 radical (unpaired) electrons. The Kier molecular flexibility index (Phi) is 7.59. The van der Waals surface area contributed by atoms with Gasteiger partial charge in [0.05, 0.1) is 11.4 Å². The Labute approximate surface area is 79.9 Å². The molecule has 0 fully saturated rings. The van der Waals surface area contributed by atoms with E-state index in [-0.39, 0.29) is 6.10 Å². The zero-order valence-corrected chi connectivity index (χ0v) is 8.57. The summed E-state index contributed by atoms with van der Waals surface area (Å²) in [5, 5.41) is 13.4. The third-order valence-corrected chi connectivity index (χ3v) is 1.92. The van der Waals surface area contributed by atoms with Crippen LogP contribution in [0.3, 0.4) is 0 Å². The molecule has 0 rings (SSSR count). The summed E-state index contributed by atoms with van der Waals surface area (Å²) in [5.41, 5.74) is 0. The lowest BCUT2D eigenvalue weighted by Gasteiger charge is -2.14. The zero-order valence-electron chi connectivity index (χ0n) is 8.57. The van der Waals surface area contributed by atoms with Crippen LogP contribution in [0, 0.1) is 4.91 Å². The van der Waals surface area contributed by atoms with Crippen molar-refractivity contribution in [2.75, 3.05) is 13.1 Å². The number of nitrogens with zero attached hydrogens (tertiary/aromatic N) is 2. The Morgan fingerprint density at radius 2 is 2.00 bits per heavy atom. The average Bonchev–Trinajstić information content (AvgIpc) is 2.10. The molecule has 0 aromatic carbocycles. The Morgan fingerprint density at radius 1 is 1.38 bits per heavy atom. The van der Waals surface area contributed by atoms with Crippen LogP contribution < -0.4 is 0 Å². The topological polar surface area (TPSA) is 52.9 Å². The first-order valence-electron chi connectivity index (χ1n) is 4.97. The first kappa shape index (κ1) is 12.4. The molecule has 13 heavy (non-hydrogen) atoms. The first-order chi connectivity index (χ1) is 6.20. The second-order valence-corrected chi connectivity index (χ2v) is 3.38. The van der Waals surface area contributed by atoms with Gasteiger partial charge in [0.25, 0.3) is 0 Å². The average molecular weight is 188 g/mol. The molecule has 4 nitrogen and oxygen atoms in total. The SMILES string of the molecule is CCCCN(CCCC(C)O)N=O. The molecule has 0 heterocycles. The molecule has 0 spiro atoms. The lowest BCUT2D eigenvalue weighted by Crippen LogP contribution is -2.20. The normalized spacial score (nSPS) is 12.5. The van der Waals surface area contributed by atoms with Crippen LogP contribution in [-0.4, -0.2) is 29.3 Å². The van der Waals surface area contributed by atoms with E-state index in [0.717, 1.165) is 32.2 Å². The second kappa shape index (κ2) is 7.98. The molecule has 0 aliphatic rings. The van der Waals surface area contributed by atoms with E-state index >= 15 is 0 Å². The van der Waals surface area contributed by atoms with Crippen molar-refractivity contribution in [3.8, 4) is 0 Å². The Balaban J connectivity index is 3.42. The largest absolute Gasteiger partial charge is 0.393 e. The molecule has 0 saturated heterocycles. The first-order valence-corrected chi connectivity index (χ1v) is 4.97. The highest BCUT2D eigenvalue weighted by Gasteiger charge is 2.02. The minimum absolute atomic E-state index is 0.278. The van der Waals surface area contributed by atoms with Crippen LogP contribution >= 0.6 is 0 Å². The van der Waals surface area contributed by atoms with Gasteiger partial charge in [-0.3, -0.25) is 5.01 Å². The smallest absolute Gasteiger partial charge is 0.0523 e. The van der Waals surface area contributed by atoms with E-state index in [2.05, 4.69) is 12.2 Å². The zero-order chi connectivity index (χ0) is 10.1. The van der Waals surface area contributed by atoms with Crippen LogP contribution in [0.1, 0.15) is 39.5 Å². The van der Waals surface area contributed by atoms with Crippen LogP contribution in [0.2, 0.25) is 0 Å². The van der Waals surface area contributed by atoms with Crippen LogP contribution in [0.15, 0.2) is 5.29 Å². The Hall–Kier alpha value is -0.640. The molecule has 0 aromatic rings. The summed E-state index contributed by atoms with van der Waals surface area (Å²) < 4.78 is 0. The summed E-state index contributed by atoms with van der Waals surface area (Å²) in [4.78, 5) is 10.3. The summed E-state index contributed by atoms with van der Waals surface area (Å²) in [7, 11) is 0. The maximum atomic E-state index is 10.3. The predicted molar refractivity (Wildman–Crippen MR) is 53.2 cm³/mol. The van der Waals surface area contributed by atoms with Gasteiger partial charge in [-0.25, -0.2) is 0 Å². The van der Waals surface area contributed by atoms with Crippen LogP contribution in [-0.2, 0) is 0 Å². The fraction of sp³-hybridized carbons (Fsp3) is 1.00. The summed E-state index contributed by atoms with van der Waals surface area (Å²) >= 11 is 0. The molecule has 1 atom stereocenters. The molecule has 0 aliphatic heterocycles. The van der Waals surface area contributed by atoms with Gasteiger partial charge in [0.2, 0.25) is 0 Å². The van der Waals surface area contributed by atoms with E-state index in [1.165, 1.54) is 5.01 Å². The van der Waals surface area contributed by atoms with Gasteiger partial charge in [-0.2, -0.15) is 0 Å². The molecule has 0 bridgehead atoms. The van der Waals surface area contributed by atoms with E-state index in [9.17, 15) is 4.91 Å². The van der Waals surface area contributed by atoms with E-state index in [1.54, 1.807) is 6.92 Å². The number of unbranched alkanes of at least 4 members (excludes halogenated alkanes) is 1. The van der Waals surface area contributed by atoms with Gasteiger partial charge in [-0.15, -0.1) is 4.91 Å². The van der Waals surface area contributed by atoms with Crippen molar-refractivity contribution < 1.29 is 5.11 Å². The predicted octanol–water partition coefficient (Wildman–Crippen LogP) is 1.93. The summed E-state index contributed by atoms with van der Waals surface area (Å²) in [5.74, 6) is 0. The Bertz CT molecular complexity index is 129. The minimum Gasteiger partial charge on any atom is -0.393 e. The van der Waals surface area contributed by atoms with Crippen molar-refractivity contribution in [2.45, 2.75) is 45.6 Å². The van der Waals surface area contributed by atoms with Crippen molar-refractivity contribution in [1.82, 2.24) is 5.01 Å². The monoisotopic (exact) mass is 188 g/mol. The van der Waals surface area contributed by atoms with E-state index in [1.807, 2.05) is 0 Å². The lowest BCUT2D eigenvalue weighted by atomic mass is 10.2. The fourth-order valence-corrected chi connectivity index (χ4v) is 1.10. The Morgan fingerprint density at radius 3 is 2.46 bits per heavy atom. The van der Waals surface area contributed by atoms with Gasteiger partial charge in [0.1, 0.15) is 0 Å². The highest BCUT2D eigenvalue weighted by Crippen LogP contribution is 2.01. The number of hydrogen-bond donors (Lipinski definition) is 1. The van der Waals surface area contributed by atoms with Crippen molar-refractivity contribution in [3.63, 3.8) is 0 Å². The fourth-order valence-electron chi connectivity index (χ4n) is 1.10. The number of aliphatic hydroxyl groups excluding tert-OH is 1. The lowest BCUT2D eigenvalue weighted by molar-refractivity contribution is 0.170. The molecule has 1 unspecified atom stereocenters. The van der Waals surface area contributed by atoms with Crippen molar-refractivity contribution in [2.24, 2.45) is 5.29 Å². The van der Waals surface area contributed by atoms with Crippen molar-refractivity contribution in [1.29, 1.82) is 0 Å². The molecule has 4 heteroatoms. The van der Waals surface area contributed by atoms with E-state index < -0.39 is 0 Å². The maximum absolute atomic E-state index is 10.3. The molecule has 0 aromatic heterocycles. The van der Waals surface area contributed by atoms with Crippen LogP contribution in [0.5, 0.6) is 0 Å². The minimum atomic E-state index is -0.278. The summed E-state index contributed by atoms with van der Waals surface area (Å²) in [6.45, 7) is 5.23. The van der Waals surface area contributed by atoms with Crippen molar-refractivity contribution in [3.05, 3.63) is 4.91 Å². The molecule has 0 aliphatic carbocycles. The van der Waals surface area contributed by atoms with Crippen LogP contribution in [0.4, 0.5) is 0 Å². The summed E-state index contributed by atoms with van der Waals surface area (Å²) in [6.07, 6.45) is 3.35. The van der Waals surface area contributed by atoms with Crippen LogP contribution in [0.25, 0.3) is 0 Å². The maximum Gasteiger partial charge on any atom is 0.0523 e. The number of aliphatic hydroxyl groups is 1. The molecule has 78 valence electrons. The van der Waals surface area contributed by atoms with Gasteiger partial charge in [-0.1, -0.05) is 13.3 Å². The number of nitroso groups, excluding NO2 is 1. The van der Waals surface area contributed by atoms with Gasteiger partial charge in [0.15, 0.2) is 0 Å². The quantitative estimate of drug-likeness (QED) is 0.468. The van der Waals surface area contributed by atoms with Gasteiger partial charge in [-0.05, 0) is 26.2 Å². The number of rotatable bonds is 8. The van der Waals surface area contributed by atoms with Gasteiger partial charge < -0.3 is 5.11 Å². The van der Waals surface area contributed by atoms with E-state index in [4.69, 9.17) is 5.11 Å².